The van der Waals surface area contributed by atoms with E-state index in [2.05, 4.69) is 179 Å². The number of rotatable bonds is 7. The summed E-state index contributed by atoms with van der Waals surface area (Å²) in [4.78, 5) is 1.24. The van der Waals surface area contributed by atoms with Crippen molar-refractivity contribution in [2.45, 2.75) is 32.1 Å². The zero-order valence-electron chi connectivity index (χ0n) is 32.1. The second-order valence-electron chi connectivity index (χ2n) is 15.4. The van der Waals surface area contributed by atoms with Crippen LogP contribution in [0.2, 0.25) is 0 Å². The average molecular weight is 737 g/mol. The Kier molecular flexibility index (Phi) is 9.12. The van der Waals surface area contributed by atoms with Crippen LogP contribution in [0.25, 0.3) is 84.3 Å². The van der Waals surface area contributed by atoms with Gasteiger partial charge in [-0.1, -0.05) is 167 Å². The van der Waals surface area contributed by atoms with Gasteiger partial charge < -0.3 is 0 Å². The fraction of sp³-hybridized carbons (Fsp3) is 0.0909. The third-order valence-corrected chi connectivity index (χ3v) is 12.5. The van der Waals surface area contributed by atoms with Crippen molar-refractivity contribution in [1.82, 2.24) is 0 Å². The second kappa shape index (κ2) is 14.4. The number of hydrogen-bond donors (Lipinski definition) is 0. The predicted octanol–water partition coefficient (Wildman–Crippen LogP) is 14.1. The van der Waals surface area contributed by atoms with E-state index in [4.69, 9.17) is 6.58 Å². The van der Waals surface area contributed by atoms with Crippen molar-refractivity contribution in [1.29, 1.82) is 0 Å². The molecule has 6 aromatic carbocycles. The largest absolute Gasteiger partial charge is 0.136 e. The van der Waals surface area contributed by atoms with Gasteiger partial charge in [0.1, 0.15) is 0 Å². The first kappa shape index (κ1) is 35.4. The lowest BCUT2D eigenvalue weighted by Crippen LogP contribution is -2.33. The van der Waals surface area contributed by atoms with E-state index in [1.54, 1.807) is 0 Å². The molecule has 0 fully saturated rings. The summed E-state index contributed by atoms with van der Waals surface area (Å²) >= 11 is 1.83. The van der Waals surface area contributed by atoms with Crippen LogP contribution in [-0.4, -0.2) is 0 Å². The van der Waals surface area contributed by atoms with Crippen LogP contribution < -0.4 is 10.4 Å². The average Bonchev–Trinajstić information content (AvgIpc) is 3.67. The molecule has 1 aromatic heterocycles. The van der Waals surface area contributed by atoms with Gasteiger partial charge in [0.2, 0.25) is 0 Å². The van der Waals surface area contributed by atoms with E-state index in [9.17, 15) is 0 Å². The molecule has 270 valence electrons. The molecule has 56 heavy (non-hydrogen) atoms. The second-order valence-corrected chi connectivity index (χ2v) is 16.5. The molecular formula is C55H44S. The van der Waals surface area contributed by atoms with Crippen molar-refractivity contribution in [3.05, 3.63) is 208 Å². The summed E-state index contributed by atoms with van der Waals surface area (Å²) in [6.45, 7) is 17.3. The van der Waals surface area contributed by atoms with Gasteiger partial charge in [-0.2, -0.15) is 0 Å². The monoisotopic (exact) mass is 736 g/mol. The summed E-state index contributed by atoms with van der Waals surface area (Å²) in [5.74, 6) is 0. The highest BCUT2D eigenvalue weighted by molar-refractivity contribution is 7.20. The maximum atomic E-state index is 4.72. The number of thiophene rings is 1. The highest BCUT2D eigenvalue weighted by Crippen LogP contribution is 2.40. The van der Waals surface area contributed by atoms with Gasteiger partial charge in [-0.3, -0.25) is 0 Å². The highest BCUT2D eigenvalue weighted by Gasteiger charge is 2.23. The molecule has 0 saturated heterocycles. The van der Waals surface area contributed by atoms with E-state index in [0.29, 0.717) is 0 Å². The normalized spacial score (nSPS) is 16.1. The lowest BCUT2D eigenvalue weighted by molar-refractivity contribution is 0.670. The fourth-order valence-electron chi connectivity index (χ4n) is 8.71. The summed E-state index contributed by atoms with van der Waals surface area (Å²) in [6, 6.07) is 38.1. The van der Waals surface area contributed by atoms with E-state index >= 15 is 0 Å². The number of benzene rings is 6. The van der Waals surface area contributed by atoms with Crippen LogP contribution in [0.4, 0.5) is 0 Å². The third kappa shape index (κ3) is 6.19. The lowest BCUT2D eigenvalue weighted by atomic mass is 9.80. The summed E-state index contributed by atoms with van der Waals surface area (Å²) in [6.07, 6.45) is 26.3. The molecule has 0 amide bonds. The molecule has 0 atom stereocenters. The molecule has 0 spiro atoms. The van der Waals surface area contributed by atoms with Crippen LogP contribution in [-0.2, 0) is 5.41 Å². The molecule has 9 rings (SSSR count). The van der Waals surface area contributed by atoms with Crippen LogP contribution in [0, 0.1) is 0 Å². The Morgan fingerprint density at radius 1 is 0.732 bits per heavy atom. The number of fused-ring (bicyclic) bond motifs is 6. The molecule has 0 unspecified atom stereocenters. The summed E-state index contributed by atoms with van der Waals surface area (Å²) in [5.41, 5.74) is 11.7. The van der Waals surface area contributed by atoms with Crippen molar-refractivity contribution in [3.63, 3.8) is 0 Å². The van der Waals surface area contributed by atoms with Gasteiger partial charge in [0.05, 0.1) is 0 Å². The van der Waals surface area contributed by atoms with Crippen molar-refractivity contribution in [3.8, 4) is 11.1 Å². The molecule has 2 aliphatic rings. The summed E-state index contributed by atoms with van der Waals surface area (Å²) in [5, 5.41) is 8.90. The minimum Gasteiger partial charge on any atom is -0.136 e. The summed E-state index contributed by atoms with van der Waals surface area (Å²) < 4.78 is 1.30. The number of allylic oxidation sites excluding steroid dienone is 7. The molecule has 2 aliphatic carbocycles. The van der Waals surface area contributed by atoms with Gasteiger partial charge in [0.15, 0.2) is 0 Å². The van der Waals surface area contributed by atoms with Crippen LogP contribution in [0.15, 0.2) is 159 Å². The zero-order chi connectivity index (χ0) is 38.4. The fourth-order valence-corrected chi connectivity index (χ4v) is 9.71. The minimum absolute atomic E-state index is 0.173. The lowest BCUT2D eigenvalue weighted by Gasteiger charge is -2.24. The molecule has 0 N–H and O–H groups in total. The first-order valence-corrected chi connectivity index (χ1v) is 20.3. The third-order valence-electron chi connectivity index (χ3n) is 11.5. The van der Waals surface area contributed by atoms with E-state index in [0.717, 1.165) is 29.5 Å². The first-order valence-electron chi connectivity index (χ1n) is 19.5. The van der Waals surface area contributed by atoms with Gasteiger partial charge in [0.25, 0.3) is 0 Å². The Morgan fingerprint density at radius 2 is 1.52 bits per heavy atom. The first-order chi connectivity index (χ1) is 27.3. The highest BCUT2D eigenvalue weighted by atomic mass is 32.1. The molecule has 0 nitrogen and oxygen atoms in total. The minimum atomic E-state index is -0.173. The van der Waals surface area contributed by atoms with Gasteiger partial charge in [-0.05, 0) is 137 Å². The van der Waals surface area contributed by atoms with E-state index in [1.165, 1.54) is 85.9 Å². The van der Waals surface area contributed by atoms with Crippen LogP contribution in [0.3, 0.4) is 0 Å². The molecule has 1 heterocycles. The molecule has 7 aromatic rings. The maximum absolute atomic E-state index is 4.72. The van der Waals surface area contributed by atoms with Crippen molar-refractivity contribution in [2.24, 2.45) is 0 Å². The topological polar surface area (TPSA) is 0 Å². The van der Waals surface area contributed by atoms with E-state index in [1.807, 2.05) is 29.6 Å². The Balaban J connectivity index is 1.17. The van der Waals surface area contributed by atoms with E-state index in [-0.39, 0.29) is 5.41 Å². The zero-order valence-corrected chi connectivity index (χ0v) is 32.9. The molecule has 0 radical (unpaired) electrons. The molecule has 1 heteroatoms. The van der Waals surface area contributed by atoms with Crippen molar-refractivity contribution < 1.29 is 0 Å². The maximum Gasteiger partial charge on any atom is 0.0355 e. The van der Waals surface area contributed by atoms with Crippen LogP contribution >= 0.6 is 11.3 Å². The number of hydrogen-bond acceptors (Lipinski definition) is 1. The Bertz CT molecular complexity index is 3040. The molecule has 0 bridgehead atoms. The Morgan fingerprint density at radius 3 is 2.36 bits per heavy atom. The smallest absolute Gasteiger partial charge is 0.0355 e. The molecule has 0 aliphatic heterocycles. The van der Waals surface area contributed by atoms with Crippen LogP contribution in [0.1, 0.15) is 64.9 Å². The van der Waals surface area contributed by atoms with Gasteiger partial charge in [-0.15, -0.1) is 11.3 Å². The summed E-state index contributed by atoms with van der Waals surface area (Å²) in [7, 11) is 0. The van der Waals surface area contributed by atoms with Crippen LogP contribution in [0.5, 0.6) is 0 Å². The predicted molar refractivity (Wildman–Crippen MR) is 249 cm³/mol. The van der Waals surface area contributed by atoms with Crippen molar-refractivity contribution in [2.75, 3.05) is 0 Å². The Hall–Kier alpha value is -6.28. The quantitative estimate of drug-likeness (QED) is 0.143. The van der Waals surface area contributed by atoms with Crippen molar-refractivity contribution >= 4 is 84.5 Å². The Labute approximate surface area is 334 Å². The standard InChI is InChI=1S/C55H44S/c1-6-8-21-43-34-50-49-35-51-41(33-40(49)29-30-52(50)56-43)28-27-38(20-16-31-55(51,4)5)39-18-15-19-42(32-39)54-47-25-13-11-23-45(47)53(46-24-12-14-26-48(46)54)36(3)44-22-10-9-17-37(44)7-2/h6-11,13,15-35H,1-3,12,14H2,4-5H3/b21-8-,28-27?,31-16+,38-20+. The van der Waals surface area contributed by atoms with Gasteiger partial charge in [-0.25, -0.2) is 0 Å². The molecular weight excluding hydrogens is 693 g/mol. The molecule has 0 saturated carbocycles. The van der Waals surface area contributed by atoms with Gasteiger partial charge >= 0.3 is 0 Å². The van der Waals surface area contributed by atoms with Gasteiger partial charge in [0, 0.05) is 20.4 Å². The van der Waals surface area contributed by atoms with E-state index < -0.39 is 0 Å². The SMILES string of the molecule is C=C/C=C\c1cc2c(ccc3cc4c(cc32)C(C)(C)/C=C/C=C(/c2cccc(-c3c5c(c(C(=C)c6ccccc6C=C)c6ccccc36)=CCCC=5)c2)C=C4)s1.